The second kappa shape index (κ2) is 5.14. The van der Waals surface area contributed by atoms with E-state index in [9.17, 15) is 0 Å². The fourth-order valence-corrected chi connectivity index (χ4v) is 1.84. The van der Waals surface area contributed by atoms with E-state index in [1.54, 1.807) is 0 Å². The molecule has 82 valence electrons. The van der Waals surface area contributed by atoms with Crippen LogP contribution in [-0.4, -0.2) is 31.2 Å². The predicted octanol–water partition coefficient (Wildman–Crippen LogP) is 1.49. The average Bonchev–Trinajstić information content (AvgIpc) is 2.50. The third-order valence-corrected chi connectivity index (χ3v) is 2.70. The van der Waals surface area contributed by atoms with Gasteiger partial charge in [-0.25, -0.2) is 0 Å². The Morgan fingerprint density at radius 2 is 1.93 bits per heavy atom. The van der Waals surface area contributed by atoms with E-state index in [4.69, 9.17) is 10.5 Å². The summed E-state index contributed by atoms with van der Waals surface area (Å²) in [4.78, 5) is 2.43. The van der Waals surface area contributed by atoms with E-state index in [1.165, 1.54) is 5.56 Å². The Morgan fingerprint density at radius 3 is 2.73 bits per heavy atom. The number of hydrogen-bond acceptors (Lipinski definition) is 3. The fourth-order valence-electron chi connectivity index (χ4n) is 1.84. The molecule has 1 aromatic carbocycles. The molecule has 0 bridgehead atoms. The standard InChI is InChI=1S/C12H18N2O/c13-12-4-2-11(3-5-12)10-14-6-1-8-15-9-7-14/h2-5H,1,6-10,13H2. The van der Waals surface area contributed by atoms with Crippen LogP contribution in [0.3, 0.4) is 0 Å². The maximum atomic E-state index is 5.65. The van der Waals surface area contributed by atoms with Crippen molar-refractivity contribution in [3.05, 3.63) is 29.8 Å². The lowest BCUT2D eigenvalue weighted by atomic mass is 10.2. The lowest BCUT2D eigenvalue weighted by Crippen LogP contribution is -2.25. The molecule has 0 radical (unpaired) electrons. The van der Waals surface area contributed by atoms with Crippen molar-refractivity contribution in [3.63, 3.8) is 0 Å². The van der Waals surface area contributed by atoms with Crippen LogP contribution in [0.1, 0.15) is 12.0 Å². The Labute approximate surface area is 90.8 Å². The number of nitrogens with two attached hydrogens (primary N) is 1. The minimum atomic E-state index is 0.831. The highest BCUT2D eigenvalue weighted by Gasteiger charge is 2.08. The summed E-state index contributed by atoms with van der Waals surface area (Å²) in [5.74, 6) is 0. The van der Waals surface area contributed by atoms with Crippen LogP contribution < -0.4 is 5.73 Å². The quantitative estimate of drug-likeness (QED) is 0.745. The summed E-state index contributed by atoms with van der Waals surface area (Å²) >= 11 is 0. The van der Waals surface area contributed by atoms with Crippen molar-refractivity contribution in [2.45, 2.75) is 13.0 Å². The van der Waals surface area contributed by atoms with Gasteiger partial charge < -0.3 is 10.5 Å². The van der Waals surface area contributed by atoms with Crippen LogP contribution in [0.4, 0.5) is 5.69 Å². The maximum Gasteiger partial charge on any atom is 0.0593 e. The number of benzene rings is 1. The molecule has 2 N–H and O–H groups in total. The average molecular weight is 206 g/mol. The Morgan fingerprint density at radius 1 is 1.13 bits per heavy atom. The van der Waals surface area contributed by atoms with Crippen LogP contribution in [0.5, 0.6) is 0 Å². The van der Waals surface area contributed by atoms with E-state index in [2.05, 4.69) is 17.0 Å². The topological polar surface area (TPSA) is 38.5 Å². The van der Waals surface area contributed by atoms with Crippen LogP contribution in [0.2, 0.25) is 0 Å². The summed E-state index contributed by atoms with van der Waals surface area (Å²) in [6.07, 6.45) is 1.13. The molecule has 3 heteroatoms. The molecular formula is C12H18N2O. The van der Waals surface area contributed by atoms with E-state index >= 15 is 0 Å². The SMILES string of the molecule is Nc1ccc(CN2CCCOCC2)cc1. The zero-order valence-electron chi connectivity index (χ0n) is 8.98. The van der Waals surface area contributed by atoms with Gasteiger partial charge in [-0.05, 0) is 24.1 Å². The number of ether oxygens (including phenoxy) is 1. The van der Waals surface area contributed by atoms with E-state index in [0.717, 1.165) is 45.0 Å². The number of rotatable bonds is 2. The first-order chi connectivity index (χ1) is 7.34. The van der Waals surface area contributed by atoms with Crippen LogP contribution >= 0.6 is 0 Å². The summed E-state index contributed by atoms with van der Waals surface area (Å²) in [5, 5.41) is 0. The van der Waals surface area contributed by atoms with Crippen molar-refractivity contribution in [1.29, 1.82) is 0 Å². The minimum absolute atomic E-state index is 0.831. The summed E-state index contributed by atoms with van der Waals surface area (Å²) in [7, 11) is 0. The van der Waals surface area contributed by atoms with E-state index in [0.29, 0.717) is 0 Å². The van der Waals surface area contributed by atoms with Gasteiger partial charge in [0.15, 0.2) is 0 Å². The number of anilines is 1. The summed E-state index contributed by atoms with van der Waals surface area (Å²) in [6.45, 7) is 4.92. The smallest absolute Gasteiger partial charge is 0.0593 e. The molecule has 0 spiro atoms. The zero-order chi connectivity index (χ0) is 10.5. The summed E-state index contributed by atoms with van der Waals surface area (Å²) < 4.78 is 5.42. The lowest BCUT2D eigenvalue weighted by Gasteiger charge is -2.18. The van der Waals surface area contributed by atoms with Gasteiger partial charge in [-0.3, -0.25) is 4.90 Å². The molecule has 1 fully saturated rings. The molecular weight excluding hydrogens is 188 g/mol. The number of nitrogens with zero attached hydrogens (tertiary/aromatic N) is 1. The molecule has 0 aromatic heterocycles. The molecule has 0 aliphatic carbocycles. The molecule has 0 atom stereocenters. The van der Waals surface area contributed by atoms with Gasteiger partial charge >= 0.3 is 0 Å². The third-order valence-electron chi connectivity index (χ3n) is 2.70. The first kappa shape index (κ1) is 10.5. The molecule has 2 rings (SSSR count). The Hall–Kier alpha value is -1.06. The van der Waals surface area contributed by atoms with Gasteiger partial charge in [-0.2, -0.15) is 0 Å². The Kier molecular flexibility index (Phi) is 3.59. The highest BCUT2D eigenvalue weighted by Crippen LogP contribution is 2.10. The summed E-state index contributed by atoms with van der Waals surface area (Å²) in [6, 6.07) is 8.12. The molecule has 1 saturated heterocycles. The van der Waals surface area contributed by atoms with E-state index in [-0.39, 0.29) is 0 Å². The fraction of sp³-hybridized carbons (Fsp3) is 0.500. The van der Waals surface area contributed by atoms with Gasteiger partial charge in [0.25, 0.3) is 0 Å². The maximum absolute atomic E-state index is 5.65. The Bertz CT molecular complexity index is 289. The van der Waals surface area contributed by atoms with Gasteiger partial charge in [0.05, 0.1) is 6.61 Å². The second-order valence-corrected chi connectivity index (χ2v) is 3.98. The monoisotopic (exact) mass is 206 g/mol. The van der Waals surface area contributed by atoms with Crippen LogP contribution in [0.25, 0.3) is 0 Å². The summed E-state index contributed by atoms with van der Waals surface area (Å²) in [5.41, 5.74) is 7.81. The Balaban J connectivity index is 1.92. The van der Waals surface area contributed by atoms with Crippen molar-refractivity contribution < 1.29 is 4.74 Å². The van der Waals surface area contributed by atoms with Crippen molar-refractivity contribution in [2.24, 2.45) is 0 Å². The lowest BCUT2D eigenvalue weighted by molar-refractivity contribution is 0.140. The number of nitrogen functional groups attached to an aromatic ring is 1. The van der Waals surface area contributed by atoms with Crippen LogP contribution in [0, 0.1) is 0 Å². The molecule has 0 saturated carbocycles. The van der Waals surface area contributed by atoms with Crippen LogP contribution in [0.15, 0.2) is 24.3 Å². The second-order valence-electron chi connectivity index (χ2n) is 3.98. The first-order valence-corrected chi connectivity index (χ1v) is 5.49. The first-order valence-electron chi connectivity index (χ1n) is 5.49. The van der Waals surface area contributed by atoms with Crippen molar-refractivity contribution in [1.82, 2.24) is 4.90 Å². The van der Waals surface area contributed by atoms with Gasteiger partial charge in [0.1, 0.15) is 0 Å². The molecule has 1 heterocycles. The highest BCUT2D eigenvalue weighted by molar-refractivity contribution is 5.39. The molecule has 1 aromatic rings. The highest BCUT2D eigenvalue weighted by atomic mass is 16.5. The molecule has 0 amide bonds. The third kappa shape index (κ3) is 3.22. The van der Waals surface area contributed by atoms with E-state index in [1.807, 2.05) is 12.1 Å². The van der Waals surface area contributed by atoms with Crippen molar-refractivity contribution >= 4 is 5.69 Å². The van der Waals surface area contributed by atoms with Crippen molar-refractivity contribution in [3.8, 4) is 0 Å². The minimum Gasteiger partial charge on any atom is -0.399 e. The van der Waals surface area contributed by atoms with Gasteiger partial charge in [-0.1, -0.05) is 12.1 Å². The predicted molar refractivity (Wildman–Crippen MR) is 61.6 cm³/mol. The molecule has 3 nitrogen and oxygen atoms in total. The van der Waals surface area contributed by atoms with E-state index < -0.39 is 0 Å². The zero-order valence-corrected chi connectivity index (χ0v) is 8.98. The largest absolute Gasteiger partial charge is 0.399 e. The van der Waals surface area contributed by atoms with Crippen LogP contribution in [-0.2, 0) is 11.3 Å². The molecule has 15 heavy (non-hydrogen) atoms. The van der Waals surface area contributed by atoms with Gasteiger partial charge in [0.2, 0.25) is 0 Å². The molecule has 1 aliphatic rings. The number of hydrogen-bond donors (Lipinski definition) is 1. The van der Waals surface area contributed by atoms with Crippen molar-refractivity contribution in [2.75, 3.05) is 32.0 Å². The molecule has 0 unspecified atom stereocenters. The molecule has 1 aliphatic heterocycles. The normalized spacial score (nSPS) is 18.7. The van der Waals surface area contributed by atoms with Gasteiger partial charge in [-0.15, -0.1) is 0 Å². The van der Waals surface area contributed by atoms with Gasteiger partial charge in [0, 0.05) is 31.9 Å².